The fourth-order valence-electron chi connectivity index (χ4n) is 2.34. The monoisotopic (exact) mass is 351 g/mol. The summed E-state index contributed by atoms with van der Waals surface area (Å²) in [5.74, 6) is 0.158. The first-order chi connectivity index (χ1) is 10.8. The molecular formula is C15H14ClN3O3S. The number of aryl methyl sites for hydroxylation is 3. The fourth-order valence-corrected chi connectivity index (χ4v) is 3.99. The van der Waals surface area contributed by atoms with Gasteiger partial charge >= 0.3 is 10.1 Å². The van der Waals surface area contributed by atoms with Crippen molar-refractivity contribution in [3.63, 3.8) is 0 Å². The average Bonchev–Trinajstić information content (AvgIpc) is 2.73. The van der Waals surface area contributed by atoms with Crippen LogP contribution in [0.3, 0.4) is 0 Å². The molecule has 0 N–H and O–H groups in total. The number of benzene rings is 1. The Bertz CT molecular complexity index is 1010. The van der Waals surface area contributed by atoms with Gasteiger partial charge in [-0.05, 0) is 26.0 Å². The zero-order chi connectivity index (χ0) is 16.8. The molecule has 0 bridgehead atoms. The van der Waals surface area contributed by atoms with Gasteiger partial charge in [0.1, 0.15) is 10.7 Å². The standard InChI is InChI=1S/C15H14ClN3O3S/c1-9-7-8-11-5-4-6-12(13(11)17-9)22-23(20,21)14-10(2)18-19(3)15(14)16/h4-8H,1-3H3. The fraction of sp³-hybridized carbons (Fsp3) is 0.200. The van der Waals surface area contributed by atoms with Crippen LogP contribution in [0, 0.1) is 13.8 Å². The van der Waals surface area contributed by atoms with E-state index >= 15 is 0 Å². The van der Waals surface area contributed by atoms with Gasteiger partial charge in [-0.2, -0.15) is 13.5 Å². The quantitative estimate of drug-likeness (QED) is 0.678. The molecule has 0 saturated heterocycles. The lowest BCUT2D eigenvalue weighted by molar-refractivity contribution is 0.487. The van der Waals surface area contributed by atoms with Crippen molar-refractivity contribution in [2.75, 3.05) is 0 Å². The number of pyridine rings is 1. The summed E-state index contributed by atoms with van der Waals surface area (Å²) in [6.07, 6.45) is 0. The maximum atomic E-state index is 12.6. The summed E-state index contributed by atoms with van der Waals surface area (Å²) in [6.45, 7) is 3.39. The van der Waals surface area contributed by atoms with Crippen molar-refractivity contribution in [3.05, 3.63) is 46.9 Å². The lowest BCUT2D eigenvalue weighted by atomic mass is 10.2. The molecule has 0 unspecified atom stereocenters. The summed E-state index contributed by atoms with van der Waals surface area (Å²) in [7, 11) is -2.55. The highest BCUT2D eigenvalue weighted by molar-refractivity contribution is 7.87. The summed E-state index contributed by atoms with van der Waals surface area (Å²) in [5.41, 5.74) is 1.53. The van der Waals surface area contributed by atoms with Gasteiger partial charge in [-0.3, -0.25) is 4.68 Å². The van der Waals surface area contributed by atoms with Crippen molar-refractivity contribution < 1.29 is 12.6 Å². The molecule has 0 atom stereocenters. The second kappa shape index (κ2) is 5.50. The molecule has 0 fully saturated rings. The van der Waals surface area contributed by atoms with Crippen LogP contribution < -0.4 is 4.18 Å². The van der Waals surface area contributed by atoms with Gasteiger partial charge in [0.25, 0.3) is 0 Å². The van der Waals surface area contributed by atoms with Crippen LogP contribution >= 0.6 is 11.6 Å². The lowest BCUT2D eigenvalue weighted by Crippen LogP contribution is -2.11. The first-order valence-electron chi connectivity index (χ1n) is 6.79. The Labute approximate surface area is 138 Å². The third kappa shape index (κ3) is 2.77. The Kier molecular flexibility index (Phi) is 3.77. The Balaban J connectivity index is 2.13. The van der Waals surface area contributed by atoms with E-state index in [1.54, 1.807) is 26.1 Å². The van der Waals surface area contributed by atoms with Crippen LogP contribution in [-0.4, -0.2) is 23.2 Å². The minimum absolute atomic E-state index is 0.00637. The van der Waals surface area contributed by atoms with E-state index in [0.717, 1.165) is 11.1 Å². The van der Waals surface area contributed by atoms with Gasteiger partial charge < -0.3 is 4.18 Å². The maximum absolute atomic E-state index is 12.6. The highest BCUT2D eigenvalue weighted by Gasteiger charge is 2.28. The third-order valence-electron chi connectivity index (χ3n) is 3.37. The van der Waals surface area contributed by atoms with Crippen LogP contribution in [0.2, 0.25) is 5.15 Å². The average molecular weight is 352 g/mol. The van der Waals surface area contributed by atoms with Gasteiger partial charge in [-0.15, -0.1) is 0 Å². The molecule has 0 aliphatic rings. The van der Waals surface area contributed by atoms with Crippen molar-refractivity contribution in [2.45, 2.75) is 18.7 Å². The van der Waals surface area contributed by atoms with Crippen LogP contribution in [0.1, 0.15) is 11.4 Å². The second-order valence-electron chi connectivity index (χ2n) is 5.15. The van der Waals surface area contributed by atoms with Crippen LogP contribution in [-0.2, 0) is 17.2 Å². The molecule has 2 aromatic heterocycles. The predicted molar refractivity (Wildman–Crippen MR) is 87.2 cm³/mol. The van der Waals surface area contributed by atoms with Crippen molar-refractivity contribution >= 4 is 32.6 Å². The van der Waals surface area contributed by atoms with E-state index in [1.165, 1.54) is 4.68 Å². The summed E-state index contributed by atoms with van der Waals surface area (Å²) in [5, 5.41) is 4.80. The van der Waals surface area contributed by atoms with Crippen LogP contribution in [0.25, 0.3) is 10.9 Å². The molecule has 23 heavy (non-hydrogen) atoms. The van der Waals surface area contributed by atoms with Gasteiger partial charge in [0.05, 0.1) is 5.69 Å². The highest BCUT2D eigenvalue weighted by Crippen LogP contribution is 2.30. The smallest absolute Gasteiger partial charge is 0.344 e. The SMILES string of the molecule is Cc1ccc2cccc(OS(=O)(=O)c3c(C)nn(C)c3Cl)c2n1. The molecule has 0 saturated carbocycles. The van der Waals surface area contributed by atoms with Gasteiger partial charge in [0, 0.05) is 18.1 Å². The minimum Gasteiger partial charge on any atom is -0.376 e. The van der Waals surface area contributed by atoms with Crippen molar-refractivity contribution in [1.29, 1.82) is 0 Å². The molecule has 120 valence electrons. The molecule has 1 aromatic carbocycles. The zero-order valence-corrected chi connectivity index (χ0v) is 14.3. The molecule has 8 heteroatoms. The topological polar surface area (TPSA) is 74.1 Å². The number of halogens is 1. The Morgan fingerprint density at radius 2 is 1.91 bits per heavy atom. The summed E-state index contributed by atoms with van der Waals surface area (Å²) in [4.78, 5) is 4.23. The molecule has 0 aliphatic carbocycles. The molecule has 3 rings (SSSR count). The van der Waals surface area contributed by atoms with E-state index in [4.69, 9.17) is 15.8 Å². The van der Waals surface area contributed by atoms with E-state index < -0.39 is 10.1 Å². The van der Waals surface area contributed by atoms with Gasteiger partial charge in [0.15, 0.2) is 10.6 Å². The number of nitrogens with zero attached hydrogens (tertiary/aromatic N) is 3. The van der Waals surface area contributed by atoms with Crippen LogP contribution in [0.15, 0.2) is 35.2 Å². The highest BCUT2D eigenvalue weighted by atomic mass is 35.5. The number of hydrogen-bond acceptors (Lipinski definition) is 5. The van der Waals surface area contributed by atoms with Crippen LogP contribution in [0.5, 0.6) is 5.75 Å². The Hall–Kier alpha value is -2.12. The number of fused-ring (bicyclic) bond motifs is 1. The molecule has 3 aromatic rings. The Morgan fingerprint density at radius 3 is 2.57 bits per heavy atom. The van der Waals surface area contributed by atoms with Crippen molar-refractivity contribution in [2.24, 2.45) is 7.05 Å². The molecule has 0 radical (unpaired) electrons. The predicted octanol–water partition coefficient (Wildman–Crippen LogP) is 3.01. The number of hydrogen-bond donors (Lipinski definition) is 0. The normalized spacial score (nSPS) is 11.8. The molecule has 0 spiro atoms. The minimum atomic E-state index is -4.11. The second-order valence-corrected chi connectivity index (χ2v) is 6.99. The lowest BCUT2D eigenvalue weighted by Gasteiger charge is -2.09. The van der Waals surface area contributed by atoms with Crippen LogP contribution in [0.4, 0.5) is 0 Å². The molecule has 0 aliphatic heterocycles. The Morgan fingerprint density at radius 1 is 1.17 bits per heavy atom. The molecule has 2 heterocycles. The number of aromatic nitrogens is 3. The van der Waals surface area contributed by atoms with Gasteiger partial charge in [-0.1, -0.05) is 29.8 Å². The van der Waals surface area contributed by atoms with E-state index in [-0.39, 0.29) is 21.5 Å². The van der Waals surface area contributed by atoms with Crippen molar-refractivity contribution in [3.8, 4) is 5.75 Å². The first-order valence-corrected chi connectivity index (χ1v) is 8.58. The largest absolute Gasteiger partial charge is 0.376 e. The zero-order valence-electron chi connectivity index (χ0n) is 12.7. The molecular weight excluding hydrogens is 338 g/mol. The summed E-state index contributed by atoms with van der Waals surface area (Å²) >= 11 is 6.03. The molecule has 0 amide bonds. The summed E-state index contributed by atoms with van der Waals surface area (Å²) in [6, 6.07) is 8.82. The van der Waals surface area contributed by atoms with Crippen molar-refractivity contribution in [1.82, 2.24) is 14.8 Å². The third-order valence-corrected chi connectivity index (χ3v) is 5.31. The molecule has 6 nitrogen and oxygen atoms in total. The van der Waals surface area contributed by atoms with Gasteiger partial charge in [0.2, 0.25) is 0 Å². The number of rotatable bonds is 3. The van der Waals surface area contributed by atoms with E-state index in [2.05, 4.69) is 10.1 Å². The van der Waals surface area contributed by atoms with Gasteiger partial charge in [-0.25, -0.2) is 4.98 Å². The first kappa shape index (κ1) is 15.8. The van der Waals surface area contributed by atoms with E-state index in [1.807, 2.05) is 25.1 Å². The van der Waals surface area contributed by atoms with E-state index in [0.29, 0.717) is 5.52 Å². The number of para-hydroxylation sites is 1. The van der Waals surface area contributed by atoms with E-state index in [9.17, 15) is 8.42 Å². The maximum Gasteiger partial charge on any atom is 0.344 e. The summed E-state index contributed by atoms with van der Waals surface area (Å²) < 4.78 is 31.8.